The topological polar surface area (TPSA) is 81.7 Å². The van der Waals surface area contributed by atoms with E-state index in [0.29, 0.717) is 19.3 Å². The molecule has 0 bridgehead atoms. The Hall–Kier alpha value is -3.15. The van der Waals surface area contributed by atoms with Crippen molar-refractivity contribution in [2.24, 2.45) is 11.8 Å². The van der Waals surface area contributed by atoms with Crippen molar-refractivity contribution in [1.82, 2.24) is 5.32 Å². The van der Waals surface area contributed by atoms with Gasteiger partial charge in [0.05, 0.1) is 12.3 Å². The van der Waals surface area contributed by atoms with E-state index in [4.69, 9.17) is 9.47 Å². The van der Waals surface area contributed by atoms with Crippen LogP contribution >= 0.6 is 0 Å². The van der Waals surface area contributed by atoms with E-state index in [1.54, 1.807) is 0 Å². The highest BCUT2D eigenvalue weighted by atomic mass is 16.6. The van der Waals surface area contributed by atoms with Crippen molar-refractivity contribution >= 4 is 17.8 Å². The van der Waals surface area contributed by atoms with Crippen molar-refractivity contribution in [2.45, 2.75) is 98.2 Å². The lowest BCUT2D eigenvalue weighted by Gasteiger charge is -2.26. The molecule has 6 heteroatoms. The molecule has 2 atom stereocenters. The van der Waals surface area contributed by atoms with Crippen molar-refractivity contribution in [3.05, 3.63) is 60.2 Å². The Morgan fingerprint density at radius 2 is 1.38 bits per heavy atom. The van der Waals surface area contributed by atoms with Crippen LogP contribution in [0, 0.1) is 11.8 Å². The standard InChI is InChI=1S/C33H47NO5/c1-8-9-13-27(31(37)39-33(5,6)7)23-28(30(36)34-21-20-29(35)38-32(2,3)4)22-24-16-18-26(19-17-24)25-14-11-10-12-15-25/h10-12,14-19,27-28H,8-9,13,20-23H2,1-7H3,(H,34,36)/t27-,28-/m1/s1. The Morgan fingerprint density at radius 3 is 1.95 bits per heavy atom. The number of hydrogen-bond donors (Lipinski definition) is 1. The summed E-state index contributed by atoms with van der Waals surface area (Å²) in [7, 11) is 0. The fraction of sp³-hybridized carbons (Fsp3) is 0.545. The van der Waals surface area contributed by atoms with E-state index in [1.807, 2.05) is 71.9 Å². The Bertz CT molecular complexity index is 1050. The highest BCUT2D eigenvalue weighted by Gasteiger charge is 2.30. The molecule has 0 aliphatic heterocycles. The molecule has 214 valence electrons. The summed E-state index contributed by atoms with van der Waals surface area (Å²) in [6, 6.07) is 18.3. The number of rotatable bonds is 13. The van der Waals surface area contributed by atoms with Gasteiger partial charge in [0.25, 0.3) is 0 Å². The first-order valence-corrected chi connectivity index (χ1v) is 14.1. The zero-order chi connectivity index (χ0) is 29.1. The zero-order valence-electron chi connectivity index (χ0n) is 24.8. The molecule has 0 aliphatic rings. The molecule has 0 aliphatic carbocycles. The fourth-order valence-corrected chi connectivity index (χ4v) is 4.37. The third-order valence-electron chi connectivity index (χ3n) is 6.18. The molecule has 0 saturated heterocycles. The quantitative estimate of drug-likeness (QED) is 0.281. The third kappa shape index (κ3) is 12.5. The SMILES string of the molecule is CCCC[C@H](C[C@@H](Cc1ccc(-c2ccccc2)cc1)C(=O)NCCC(=O)OC(C)(C)C)C(=O)OC(C)(C)C. The Morgan fingerprint density at radius 1 is 0.795 bits per heavy atom. The monoisotopic (exact) mass is 537 g/mol. The van der Waals surface area contributed by atoms with E-state index >= 15 is 0 Å². The molecule has 6 nitrogen and oxygen atoms in total. The molecule has 2 rings (SSSR count). The summed E-state index contributed by atoms with van der Waals surface area (Å²) < 4.78 is 11.1. The molecule has 0 radical (unpaired) electrons. The predicted molar refractivity (Wildman–Crippen MR) is 156 cm³/mol. The third-order valence-corrected chi connectivity index (χ3v) is 6.18. The summed E-state index contributed by atoms with van der Waals surface area (Å²) in [5, 5.41) is 2.91. The van der Waals surface area contributed by atoms with Crippen molar-refractivity contribution in [3.8, 4) is 11.1 Å². The van der Waals surface area contributed by atoms with Crippen molar-refractivity contribution < 1.29 is 23.9 Å². The van der Waals surface area contributed by atoms with E-state index in [-0.39, 0.29) is 36.7 Å². The number of benzene rings is 2. The molecule has 39 heavy (non-hydrogen) atoms. The van der Waals surface area contributed by atoms with Gasteiger partial charge in [0.1, 0.15) is 11.2 Å². The summed E-state index contributed by atoms with van der Waals surface area (Å²) in [6.07, 6.45) is 3.45. The average molecular weight is 538 g/mol. The summed E-state index contributed by atoms with van der Waals surface area (Å²) in [5.74, 6) is -1.61. The second-order valence-corrected chi connectivity index (χ2v) is 12.2. The molecule has 0 saturated carbocycles. The Kier molecular flexibility index (Phi) is 12.2. The van der Waals surface area contributed by atoms with Crippen LogP contribution in [0.4, 0.5) is 0 Å². The second-order valence-electron chi connectivity index (χ2n) is 12.2. The van der Waals surface area contributed by atoms with E-state index in [0.717, 1.165) is 29.5 Å². The highest BCUT2D eigenvalue weighted by molar-refractivity contribution is 5.81. The van der Waals surface area contributed by atoms with Gasteiger partial charge in [-0.2, -0.15) is 0 Å². The van der Waals surface area contributed by atoms with Gasteiger partial charge in [-0.3, -0.25) is 14.4 Å². The van der Waals surface area contributed by atoms with Crippen LogP contribution in [0.2, 0.25) is 0 Å². The minimum absolute atomic E-state index is 0.0901. The van der Waals surface area contributed by atoms with Crippen LogP contribution in [0.25, 0.3) is 11.1 Å². The molecule has 0 fully saturated rings. The van der Waals surface area contributed by atoms with Gasteiger partial charge < -0.3 is 14.8 Å². The summed E-state index contributed by atoms with van der Waals surface area (Å²) in [6.45, 7) is 13.3. The number of esters is 2. The van der Waals surface area contributed by atoms with Gasteiger partial charge in [0.2, 0.25) is 5.91 Å². The van der Waals surface area contributed by atoms with Crippen molar-refractivity contribution in [2.75, 3.05) is 6.54 Å². The van der Waals surface area contributed by atoms with E-state index in [9.17, 15) is 14.4 Å². The molecule has 2 aromatic carbocycles. The van der Waals surface area contributed by atoms with E-state index < -0.39 is 17.1 Å². The number of amides is 1. The first kappa shape index (κ1) is 32.1. The number of hydrogen-bond acceptors (Lipinski definition) is 5. The molecular weight excluding hydrogens is 490 g/mol. The molecule has 1 N–H and O–H groups in total. The minimum Gasteiger partial charge on any atom is -0.460 e. The lowest BCUT2D eigenvalue weighted by molar-refractivity contribution is -0.161. The lowest BCUT2D eigenvalue weighted by Crippen LogP contribution is -2.37. The predicted octanol–water partition coefficient (Wildman–Crippen LogP) is 6.90. The molecular formula is C33H47NO5. The smallest absolute Gasteiger partial charge is 0.309 e. The molecule has 1 amide bonds. The lowest BCUT2D eigenvalue weighted by atomic mass is 9.85. The van der Waals surface area contributed by atoms with E-state index in [2.05, 4.69) is 36.5 Å². The Balaban J connectivity index is 2.19. The van der Waals surface area contributed by atoms with Gasteiger partial charge in [-0.1, -0.05) is 74.4 Å². The average Bonchev–Trinajstić information content (AvgIpc) is 2.84. The van der Waals surface area contributed by atoms with Gasteiger partial charge >= 0.3 is 11.9 Å². The number of nitrogens with one attached hydrogen (secondary N) is 1. The van der Waals surface area contributed by atoms with Crippen LogP contribution in [-0.2, 0) is 30.3 Å². The van der Waals surface area contributed by atoms with Crippen molar-refractivity contribution in [3.63, 3.8) is 0 Å². The fourth-order valence-electron chi connectivity index (χ4n) is 4.37. The highest BCUT2D eigenvalue weighted by Crippen LogP contribution is 2.27. The number of carbonyl (C=O) groups is 3. The number of unbranched alkanes of at least 4 members (excludes halogenated alkanes) is 1. The van der Waals surface area contributed by atoms with Gasteiger partial charge in [0, 0.05) is 12.5 Å². The normalized spacial score (nSPS) is 13.3. The van der Waals surface area contributed by atoms with Crippen LogP contribution < -0.4 is 5.32 Å². The molecule has 0 spiro atoms. The molecule has 0 heterocycles. The van der Waals surface area contributed by atoms with Gasteiger partial charge in [-0.25, -0.2) is 0 Å². The van der Waals surface area contributed by atoms with Gasteiger partial charge in [-0.05, 0) is 77.5 Å². The number of carbonyl (C=O) groups excluding carboxylic acids is 3. The molecule has 0 unspecified atom stereocenters. The van der Waals surface area contributed by atoms with Crippen LogP contribution in [0.5, 0.6) is 0 Å². The largest absolute Gasteiger partial charge is 0.460 e. The maximum absolute atomic E-state index is 13.4. The molecule has 0 aromatic heterocycles. The molecule has 2 aromatic rings. The first-order chi connectivity index (χ1) is 18.3. The van der Waals surface area contributed by atoms with Crippen molar-refractivity contribution in [1.29, 1.82) is 0 Å². The number of ether oxygens (including phenoxy) is 2. The van der Waals surface area contributed by atoms with Crippen LogP contribution in [0.1, 0.15) is 86.1 Å². The van der Waals surface area contributed by atoms with Crippen LogP contribution in [0.15, 0.2) is 54.6 Å². The van der Waals surface area contributed by atoms with Gasteiger partial charge in [0.15, 0.2) is 0 Å². The second kappa shape index (κ2) is 14.9. The van der Waals surface area contributed by atoms with Gasteiger partial charge in [-0.15, -0.1) is 0 Å². The Labute approximate surface area is 234 Å². The zero-order valence-corrected chi connectivity index (χ0v) is 24.8. The first-order valence-electron chi connectivity index (χ1n) is 14.1. The minimum atomic E-state index is -0.597. The van der Waals surface area contributed by atoms with E-state index in [1.165, 1.54) is 0 Å². The van der Waals surface area contributed by atoms with Crippen LogP contribution in [0.3, 0.4) is 0 Å². The maximum Gasteiger partial charge on any atom is 0.309 e. The summed E-state index contributed by atoms with van der Waals surface area (Å²) in [4.78, 5) is 38.6. The summed E-state index contributed by atoms with van der Waals surface area (Å²) in [5.41, 5.74) is 2.08. The summed E-state index contributed by atoms with van der Waals surface area (Å²) >= 11 is 0. The maximum atomic E-state index is 13.4. The van der Waals surface area contributed by atoms with Crippen LogP contribution in [-0.4, -0.2) is 35.6 Å².